The Bertz CT molecular complexity index is 582. The van der Waals surface area contributed by atoms with Crippen molar-refractivity contribution in [1.82, 2.24) is 10.6 Å². The molecule has 8 nitrogen and oxygen atoms in total. The summed E-state index contributed by atoms with van der Waals surface area (Å²) in [5, 5.41) is 5.20. The van der Waals surface area contributed by atoms with Crippen LogP contribution in [0.25, 0.3) is 0 Å². The van der Waals surface area contributed by atoms with Crippen LogP contribution < -0.4 is 10.6 Å². The van der Waals surface area contributed by atoms with E-state index in [9.17, 15) is 19.2 Å². The second kappa shape index (κ2) is 11.9. The molecule has 0 spiro atoms. The third kappa shape index (κ3) is 9.87. The van der Waals surface area contributed by atoms with Crippen LogP contribution in [0.15, 0.2) is 0 Å². The molecular weight excluding hydrogens is 376 g/mol. The van der Waals surface area contributed by atoms with E-state index in [1.54, 1.807) is 13.8 Å². The maximum atomic E-state index is 12.9. The van der Waals surface area contributed by atoms with Gasteiger partial charge in [0, 0.05) is 19.6 Å². The molecule has 1 heterocycles. The van der Waals surface area contributed by atoms with Gasteiger partial charge in [-0.25, -0.2) is 4.79 Å². The summed E-state index contributed by atoms with van der Waals surface area (Å²) in [6.45, 7) is 10.5. The molecule has 0 bridgehead atoms. The number of carbonyl (C=O) groups is 4. The monoisotopic (exact) mass is 412 g/mol. The maximum absolute atomic E-state index is 12.9. The largest absolute Gasteiger partial charge is 0.449 e. The molecule has 0 aromatic carbocycles. The molecule has 2 N–H and O–H groups in total. The van der Waals surface area contributed by atoms with Crippen molar-refractivity contribution in [2.75, 3.05) is 26.4 Å². The van der Waals surface area contributed by atoms with Crippen molar-refractivity contribution in [3.8, 4) is 0 Å². The molecule has 1 rings (SSSR count). The van der Waals surface area contributed by atoms with E-state index in [2.05, 4.69) is 10.6 Å². The molecular formula is C21H36N2O6. The van der Waals surface area contributed by atoms with Gasteiger partial charge in [0.25, 0.3) is 5.91 Å². The van der Waals surface area contributed by atoms with Gasteiger partial charge in [-0.05, 0) is 30.6 Å². The number of rotatable bonds is 6. The van der Waals surface area contributed by atoms with E-state index in [1.807, 2.05) is 20.8 Å². The zero-order chi connectivity index (χ0) is 22.0. The summed E-state index contributed by atoms with van der Waals surface area (Å²) in [5.74, 6) is -2.73. The van der Waals surface area contributed by atoms with Crippen LogP contribution in [0, 0.1) is 17.3 Å². The fraction of sp³-hybridized carbons (Fsp3) is 0.810. The zero-order valence-electron chi connectivity index (χ0n) is 18.3. The molecule has 0 saturated carbocycles. The van der Waals surface area contributed by atoms with E-state index in [1.165, 1.54) is 0 Å². The first-order valence-electron chi connectivity index (χ1n) is 10.4. The number of hydrogen-bond donors (Lipinski definition) is 2. The van der Waals surface area contributed by atoms with Gasteiger partial charge in [0.05, 0.1) is 25.2 Å². The molecule has 0 aromatic heterocycles. The maximum Gasteiger partial charge on any atom is 0.407 e. The highest BCUT2D eigenvalue weighted by atomic mass is 16.5. The predicted octanol–water partition coefficient (Wildman–Crippen LogP) is 2.24. The minimum atomic E-state index is -0.866. The fourth-order valence-electron chi connectivity index (χ4n) is 2.87. The highest BCUT2D eigenvalue weighted by molar-refractivity contribution is 6.37. The first-order valence-corrected chi connectivity index (χ1v) is 10.4. The number of alkyl carbamates (subject to hydrolysis) is 1. The molecule has 0 radical (unpaired) electrons. The van der Waals surface area contributed by atoms with Crippen LogP contribution in [0.1, 0.15) is 60.3 Å². The molecule has 29 heavy (non-hydrogen) atoms. The Morgan fingerprint density at radius 3 is 2.52 bits per heavy atom. The number of carbonyl (C=O) groups excluding carboxylic acids is 4. The van der Waals surface area contributed by atoms with Crippen LogP contribution in [0.3, 0.4) is 0 Å². The molecule has 166 valence electrons. The Morgan fingerprint density at radius 1 is 1.21 bits per heavy atom. The first-order chi connectivity index (χ1) is 13.5. The SMILES string of the molecule is CC(C)C(NC(=O)OCC(C)(C)C)C(=O)CC1COCCCCCNC(=O)C1=O. The Hall–Kier alpha value is -1.96. The summed E-state index contributed by atoms with van der Waals surface area (Å²) < 4.78 is 10.7. The smallest absolute Gasteiger partial charge is 0.407 e. The van der Waals surface area contributed by atoms with E-state index in [0.717, 1.165) is 19.3 Å². The average Bonchev–Trinajstić information content (AvgIpc) is 2.66. The Balaban J connectivity index is 2.77. The summed E-state index contributed by atoms with van der Waals surface area (Å²) in [7, 11) is 0. The molecule has 1 fully saturated rings. The minimum Gasteiger partial charge on any atom is -0.449 e. The van der Waals surface area contributed by atoms with Crippen LogP contribution in [-0.2, 0) is 23.9 Å². The fourth-order valence-corrected chi connectivity index (χ4v) is 2.87. The molecule has 8 heteroatoms. The molecule has 0 aromatic rings. The summed E-state index contributed by atoms with van der Waals surface area (Å²) >= 11 is 0. The van der Waals surface area contributed by atoms with Crippen LogP contribution in [0.5, 0.6) is 0 Å². The van der Waals surface area contributed by atoms with Gasteiger partial charge in [-0.2, -0.15) is 0 Å². The van der Waals surface area contributed by atoms with Crippen molar-refractivity contribution < 1.29 is 28.7 Å². The van der Waals surface area contributed by atoms with Gasteiger partial charge in [-0.1, -0.05) is 34.6 Å². The second-order valence-corrected chi connectivity index (χ2v) is 9.13. The number of hydrogen-bond acceptors (Lipinski definition) is 6. The van der Waals surface area contributed by atoms with E-state index >= 15 is 0 Å². The van der Waals surface area contributed by atoms with Crippen molar-refractivity contribution in [3.05, 3.63) is 0 Å². The molecule has 2 unspecified atom stereocenters. The van der Waals surface area contributed by atoms with Crippen LogP contribution in [0.4, 0.5) is 4.79 Å². The van der Waals surface area contributed by atoms with Crippen molar-refractivity contribution in [3.63, 3.8) is 0 Å². The molecule has 1 aliphatic heterocycles. The van der Waals surface area contributed by atoms with Crippen LogP contribution in [0.2, 0.25) is 0 Å². The summed E-state index contributed by atoms with van der Waals surface area (Å²) in [6, 6.07) is -0.809. The Kier molecular flexibility index (Phi) is 10.3. The van der Waals surface area contributed by atoms with Crippen molar-refractivity contribution >= 4 is 23.6 Å². The van der Waals surface area contributed by atoms with Gasteiger partial charge in [0.2, 0.25) is 5.78 Å². The lowest BCUT2D eigenvalue weighted by molar-refractivity contribution is -0.142. The van der Waals surface area contributed by atoms with E-state index in [4.69, 9.17) is 9.47 Å². The number of nitrogens with one attached hydrogen (secondary N) is 2. The number of ketones is 2. The molecule has 2 atom stereocenters. The number of Topliss-reactive ketones (excluding diaryl/α,β-unsaturated/α-hetero) is 2. The first kappa shape index (κ1) is 25.1. The highest BCUT2D eigenvalue weighted by Gasteiger charge is 2.32. The zero-order valence-corrected chi connectivity index (χ0v) is 18.3. The molecule has 1 saturated heterocycles. The van der Waals surface area contributed by atoms with Crippen molar-refractivity contribution in [2.24, 2.45) is 17.3 Å². The predicted molar refractivity (Wildman–Crippen MR) is 108 cm³/mol. The van der Waals surface area contributed by atoms with Gasteiger partial charge < -0.3 is 20.1 Å². The lowest BCUT2D eigenvalue weighted by Gasteiger charge is -2.24. The Morgan fingerprint density at radius 2 is 1.90 bits per heavy atom. The van der Waals surface area contributed by atoms with Gasteiger partial charge in [-0.15, -0.1) is 0 Å². The topological polar surface area (TPSA) is 111 Å². The normalized spacial score (nSPS) is 20.4. The van der Waals surface area contributed by atoms with Crippen LogP contribution >= 0.6 is 0 Å². The highest BCUT2D eigenvalue weighted by Crippen LogP contribution is 2.16. The van der Waals surface area contributed by atoms with Crippen LogP contribution in [-0.4, -0.2) is 56.0 Å². The van der Waals surface area contributed by atoms with Gasteiger partial charge in [0.15, 0.2) is 5.78 Å². The third-order valence-corrected chi connectivity index (χ3v) is 4.54. The molecule has 0 aliphatic carbocycles. The van der Waals surface area contributed by atoms with Crippen molar-refractivity contribution in [2.45, 2.75) is 66.3 Å². The second-order valence-electron chi connectivity index (χ2n) is 9.13. The summed E-state index contributed by atoms with van der Waals surface area (Å²) in [6.07, 6.45) is 1.67. The lowest BCUT2D eigenvalue weighted by Crippen LogP contribution is -2.47. The third-order valence-electron chi connectivity index (χ3n) is 4.54. The summed E-state index contributed by atoms with van der Waals surface area (Å²) in [4.78, 5) is 49.5. The Labute approximate surface area is 173 Å². The quantitative estimate of drug-likeness (QED) is 0.647. The summed E-state index contributed by atoms with van der Waals surface area (Å²) in [5.41, 5.74) is -0.194. The standard InChI is InChI=1S/C21H36N2O6/c1-14(2)17(23-20(27)29-13-21(3,4)5)16(24)11-15-12-28-10-8-6-7-9-22-19(26)18(15)25/h14-15,17H,6-13H2,1-5H3,(H,22,26)(H,23,27). The minimum absolute atomic E-state index is 0.0112. The van der Waals surface area contributed by atoms with Crippen molar-refractivity contribution in [1.29, 1.82) is 0 Å². The van der Waals surface area contributed by atoms with E-state index in [-0.39, 0.29) is 36.8 Å². The molecule has 2 amide bonds. The number of amides is 2. The van der Waals surface area contributed by atoms with Gasteiger partial charge >= 0.3 is 6.09 Å². The average molecular weight is 413 g/mol. The number of ether oxygens (including phenoxy) is 2. The van der Waals surface area contributed by atoms with E-state index < -0.39 is 29.7 Å². The van der Waals surface area contributed by atoms with Gasteiger partial charge in [0.1, 0.15) is 0 Å². The van der Waals surface area contributed by atoms with Gasteiger partial charge in [-0.3, -0.25) is 14.4 Å². The lowest BCUT2D eigenvalue weighted by atomic mass is 9.90. The van der Waals surface area contributed by atoms with E-state index in [0.29, 0.717) is 13.2 Å². The molecule has 1 aliphatic rings.